The predicted molar refractivity (Wildman–Crippen MR) is 82.9 cm³/mol. The van der Waals surface area contributed by atoms with Crippen molar-refractivity contribution in [3.05, 3.63) is 36.0 Å². The van der Waals surface area contributed by atoms with Crippen molar-refractivity contribution in [1.29, 1.82) is 0 Å². The summed E-state index contributed by atoms with van der Waals surface area (Å²) in [6, 6.07) is 7.49. The SMILES string of the molecule is COc1ccc(C(=O)CCN2CCCC2)c2cccnc12. The van der Waals surface area contributed by atoms with Crippen LogP contribution < -0.4 is 4.74 Å². The number of fused-ring (bicyclic) bond motifs is 1. The molecule has 1 aliphatic heterocycles. The second kappa shape index (κ2) is 6.22. The molecule has 0 bridgehead atoms. The maximum absolute atomic E-state index is 12.5. The molecule has 0 aliphatic carbocycles. The van der Waals surface area contributed by atoms with Gasteiger partial charge in [0.15, 0.2) is 5.78 Å². The lowest BCUT2D eigenvalue weighted by atomic mass is 10.0. The number of hydrogen-bond donors (Lipinski definition) is 0. The van der Waals surface area contributed by atoms with Crippen molar-refractivity contribution >= 4 is 16.7 Å². The van der Waals surface area contributed by atoms with Gasteiger partial charge in [0.1, 0.15) is 11.3 Å². The molecular formula is C17H20N2O2. The Morgan fingerprint density at radius 1 is 1.29 bits per heavy atom. The van der Waals surface area contributed by atoms with E-state index in [1.54, 1.807) is 13.3 Å². The van der Waals surface area contributed by atoms with Crippen molar-refractivity contribution in [2.24, 2.45) is 0 Å². The second-order valence-electron chi connectivity index (χ2n) is 5.44. The number of carbonyl (C=O) groups is 1. The van der Waals surface area contributed by atoms with E-state index >= 15 is 0 Å². The van der Waals surface area contributed by atoms with Gasteiger partial charge in [0.25, 0.3) is 0 Å². The van der Waals surface area contributed by atoms with Gasteiger partial charge in [-0.3, -0.25) is 9.78 Å². The molecule has 1 fully saturated rings. The molecule has 2 heterocycles. The number of carbonyl (C=O) groups excluding carboxylic acids is 1. The zero-order valence-electron chi connectivity index (χ0n) is 12.3. The first-order chi connectivity index (χ1) is 10.3. The van der Waals surface area contributed by atoms with Crippen LogP contribution in [0.1, 0.15) is 29.6 Å². The largest absolute Gasteiger partial charge is 0.494 e. The average molecular weight is 284 g/mol. The number of ether oxygens (including phenoxy) is 1. The van der Waals surface area contributed by atoms with E-state index in [0.717, 1.165) is 36.1 Å². The van der Waals surface area contributed by atoms with Crippen molar-refractivity contribution in [3.8, 4) is 5.75 Å². The molecule has 110 valence electrons. The van der Waals surface area contributed by atoms with Crippen LogP contribution in [0.2, 0.25) is 0 Å². The van der Waals surface area contributed by atoms with Crippen LogP contribution in [0.15, 0.2) is 30.5 Å². The molecule has 0 amide bonds. The smallest absolute Gasteiger partial charge is 0.164 e. The topological polar surface area (TPSA) is 42.4 Å². The Morgan fingerprint density at radius 3 is 2.86 bits per heavy atom. The standard InChI is InChI=1S/C17H20N2O2/c1-21-16-7-6-13(14-5-4-9-18-17(14)16)15(20)8-12-19-10-2-3-11-19/h4-7,9H,2-3,8,10-12H2,1H3. The molecular weight excluding hydrogens is 264 g/mol. The molecule has 0 saturated carbocycles. The van der Waals surface area contributed by atoms with Crippen LogP contribution in [0.3, 0.4) is 0 Å². The van der Waals surface area contributed by atoms with Gasteiger partial charge in [-0.1, -0.05) is 6.07 Å². The summed E-state index contributed by atoms with van der Waals surface area (Å²) in [6.07, 6.45) is 4.80. The Morgan fingerprint density at radius 2 is 2.10 bits per heavy atom. The average Bonchev–Trinajstić information content (AvgIpc) is 3.05. The van der Waals surface area contributed by atoms with Crippen LogP contribution in [0.5, 0.6) is 5.75 Å². The highest BCUT2D eigenvalue weighted by Gasteiger charge is 2.16. The lowest BCUT2D eigenvalue weighted by molar-refractivity contribution is 0.0970. The summed E-state index contributed by atoms with van der Waals surface area (Å²) >= 11 is 0. The third-order valence-corrected chi connectivity index (χ3v) is 4.11. The highest BCUT2D eigenvalue weighted by Crippen LogP contribution is 2.27. The zero-order chi connectivity index (χ0) is 14.7. The van der Waals surface area contributed by atoms with Gasteiger partial charge in [-0.2, -0.15) is 0 Å². The zero-order valence-corrected chi connectivity index (χ0v) is 12.3. The van der Waals surface area contributed by atoms with Crippen molar-refractivity contribution in [2.45, 2.75) is 19.3 Å². The number of methoxy groups -OCH3 is 1. The van der Waals surface area contributed by atoms with E-state index in [9.17, 15) is 4.79 Å². The summed E-state index contributed by atoms with van der Waals surface area (Å²) in [5.41, 5.74) is 1.50. The molecule has 21 heavy (non-hydrogen) atoms. The quantitative estimate of drug-likeness (QED) is 0.792. The molecule has 0 unspecified atom stereocenters. The first kappa shape index (κ1) is 14.0. The first-order valence-electron chi connectivity index (χ1n) is 7.47. The normalized spacial score (nSPS) is 15.5. The number of rotatable bonds is 5. The Kier molecular flexibility index (Phi) is 4.15. The highest BCUT2D eigenvalue weighted by atomic mass is 16.5. The number of benzene rings is 1. The van der Waals surface area contributed by atoms with E-state index < -0.39 is 0 Å². The Hall–Kier alpha value is -1.94. The van der Waals surface area contributed by atoms with Gasteiger partial charge in [0, 0.05) is 30.1 Å². The number of pyridine rings is 1. The van der Waals surface area contributed by atoms with Gasteiger partial charge in [-0.05, 0) is 44.1 Å². The van der Waals surface area contributed by atoms with Crippen LogP contribution in [0, 0.1) is 0 Å². The van der Waals surface area contributed by atoms with Crippen LogP contribution >= 0.6 is 0 Å². The molecule has 2 aromatic rings. The third-order valence-electron chi connectivity index (χ3n) is 4.11. The lowest BCUT2D eigenvalue weighted by Crippen LogP contribution is -2.22. The molecule has 1 aromatic carbocycles. The van der Waals surface area contributed by atoms with Crippen LogP contribution in [0.25, 0.3) is 10.9 Å². The second-order valence-corrected chi connectivity index (χ2v) is 5.44. The Balaban J connectivity index is 1.84. The highest BCUT2D eigenvalue weighted by molar-refractivity contribution is 6.08. The Labute approximate surface area is 124 Å². The van der Waals surface area contributed by atoms with Crippen LogP contribution in [-0.2, 0) is 0 Å². The summed E-state index contributed by atoms with van der Waals surface area (Å²) in [7, 11) is 1.62. The van der Waals surface area contributed by atoms with Gasteiger partial charge in [0.05, 0.1) is 7.11 Å². The number of aromatic nitrogens is 1. The van der Waals surface area contributed by atoms with Crippen molar-refractivity contribution in [3.63, 3.8) is 0 Å². The summed E-state index contributed by atoms with van der Waals surface area (Å²) in [4.78, 5) is 19.2. The van der Waals surface area contributed by atoms with E-state index in [0.29, 0.717) is 12.2 Å². The third kappa shape index (κ3) is 2.90. The molecule has 3 rings (SSSR count). The molecule has 4 nitrogen and oxygen atoms in total. The van der Waals surface area contributed by atoms with Gasteiger partial charge >= 0.3 is 0 Å². The fraction of sp³-hybridized carbons (Fsp3) is 0.412. The molecule has 0 atom stereocenters. The molecule has 0 spiro atoms. The Bertz CT molecular complexity index is 648. The number of hydrogen-bond acceptors (Lipinski definition) is 4. The maximum atomic E-state index is 12.5. The van der Waals surface area contributed by atoms with E-state index in [-0.39, 0.29) is 5.78 Å². The minimum absolute atomic E-state index is 0.183. The fourth-order valence-corrected chi connectivity index (χ4v) is 2.96. The summed E-state index contributed by atoms with van der Waals surface area (Å²) in [6.45, 7) is 3.10. The van der Waals surface area contributed by atoms with Gasteiger partial charge in [-0.25, -0.2) is 0 Å². The van der Waals surface area contributed by atoms with E-state index in [1.807, 2.05) is 24.3 Å². The van der Waals surface area contributed by atoms with Gasteiger partial charge in [0.2, 0.25) is 0 Å². The van der Waals surface area contributed by atoms with Crippen molar-refractivity contribution in [1.82, 2.24) is 9.88 Å². The first-order valence-corrected chi connectivity index (χ1v) is 7.47. The minimum atomic E-state index is 0.183. The summed E-state index contributed by atoms with van der Waals surface area (Å²) < 4.78 is 5.32. The van der Waals surface area contributed by atoms with Gasteiger partial charge in [-0.15, -0.1) is 0 Å². The molecule has 4 heteroatoms. The van der Waals surface area contributed by atoms with Crippen molar-refractivity contribution < 1.29 is 9.53 Å². The summed E-state index contributed by atoms with van der Waals surface area (Å²) in [5.74, 6) is 0.893. The molecule has 0 radical (unpaired) electrons. The van der Waals surface area contributed by atoms with Crippen LogP contribution in [0.4, 0.5) is 0 Å². The number of ketones is 1. The molecule has 0 N–H and O–H groups in total. The number of Topliss-reactive ketones (excluding diaryl/α,β-unsaturated/α-hetero) is 1. The molecule has 1 aliphatic rings. The lowest BCUT2D eigenvalue weighted by Gasteiger charge is -2.14. The predicted octanol–water partition coefficient (Wildman–Crippen LogP) is 2.91. The van der Waals surface area contributed by atoms with Crippen LogP contribution in [-0.4, -0.2) is 42.4 Å². The molecule has 1 aromatic heterocycles. The van der Waals surface area contributed by atoms with E-state index in [4.69, 9.17) is 4.74 Å². The monoisotopic (exact) mass is 284 g/mol. The van der Waals surface area contributed by atoms with E-state index in [2.05, 4.69) is 9.88 Å². The van der Waals surface area contributed by atoms with Gasteiger partial charge < -0.3 is 9.64 Å². The van der Waals surface area contributed by atoms with E-state index in [1.165, 1.54) is 12.8 Å². The van der Waals surface area contributed by atoms with Crippen molar-refractivity contribution in [2.75, 3.05) is 26.7 Å². The number of likely N-dealkylation sites (tertiary alicyclic amines) is 1. The summed E-state index contributed by atoms with van der Waals surface area (Å²) in [5, 5.41) is 0.878. The fourth-order valence-electron chi connectivity index (χ4n) is 2.96. The number of nitrogens with zero attached hydrogens (tertiary/aromatic N) is 2. The minimum Gasteiger partial charge on any atom is -0.494 e. The molecule has 1 saturated heterocycles. The maximum Gasteiger partial charge on any atom is 0.164 e.